The van der Waals surface area contributed by atoms with Crippen LogP contribution in [0.1, 0.15) is 116 Å². The summed E-state index contributed by atoms with van der Waals surface area (Å²) in [6, 6.07) is 4.15. The number of halogens is 1. The summed E-state index contributed by atoms with van der Waals surface area (Å²) in [5, 5.41) is 122. The Morgan fingerprint density at radius 1 is 0.683 bits per heavy atom. The molecule has 7 aliphatic heterocycles. The Hall–Kier alpha value is -11.1. The normalized spacial score (nSPS) is 26.5. The number of benzene rings is 6. The number of carbonyl (C=O) groups is 9. The van der Waals surface area contributed by atoms with Gasteiger partial charge in [0, 0.05) is 48.9 Å². The van der Waals surface area contributed by atoms with Gasteiger partial charge in [0.2, 0.25) is 53.4 Å². The summed E-state index contributed by atoms with van der Waals surface area (Å²) >= 11 is 7.19. The third-order valence-electron chi connectivity index (χ3n) is 20.9. The highest BCUT2D eigenvalue weighted by Gasteiger charge is 2.52. The molecule has 6 aromatic rings. The van der Waals surface area contributed by atoms with Crippen molar-refractivity contribution in [1.82, 2.24) is 53.2 Å². The molecule has 38 nitrogen and oxygen atoms in total. The molecule has 0 saturated carbocycles. The first-order valence-electron chi connectivity index (χ1n) is 38.6. The van der Waals surface area contributed by atoms with Crippen LogP contribution in [0.2, 0.25) is 5.02 Å². The molecule has 646 valence electrons. The maximum Gasteiger partial charge on any atom is 0.330 e. The van der Waals surface area contributed by atoms with Crippen molar-refractivity contribution >= 4 is 70.6 Å². The molecule has 0 spiro atoms. The van der Waals surface area contributed by atoms with Gasteiger partial charge in [0.1, 0.15) is 96.9 Å². The maximum atomic E-state index is 16.5. The maximum absolute atomic E-state index is 16.5. The summed E-state index contributed by atoms with van der Waals surface area (Å²) < 4.78 is 51.2. The van der Waals surface area contributed by atoms with Gasteiger partial charge in [-0.05, 0) is 178 Å². The number of fused-ring (bicyclic) bond motifs is 15. The first-order chi connectivity index (χ1) is 57.0. The lowest BCUT2D eigenvalue weighted by Gasteiger charge is -2.47. The minimum atomic E-state index is -2.38. The quantitative estimate of drug-likeness (QED) is 0.0427. The van der Waals surface area contributed by atoms with E-state index in [0.29, 0.717) is 18.8 Å². The van der Waals surface area contributed by atoms with Crippen molar-refractivity contribution in [1.29, 1.82) is 0 Å². The highest BCUT2D eigenvalue weighted by Crippen LogP contribution is 2.49. The van der Waals surface area contributed by atoms with Crippen molar-refractivity contribution in [3.05, 3.63) is 141 Å². The molecule has 9 amide bonds. The van der Waals surface area contributed by atoms with E-state index in [9.17, 15) is 60.0 Å². The molecule has 7 heterocycles. The number of aliphatic hydroxyl groups excluding tert-OH is 5. The van der Waals surface area contributed by atoms with Crippen molar-refractivity contribution < 1.29 is 122 Å². The standard InChI is InChI=1S/C81H100ClN13O25/c1-34(2)22-47(87-9)72(104)94-63-65(99)39-11-15-50(35(3)23-39)116-54-27-41-28-55(69(54)120-79-70(68(102)67(101)56(33-83)118-79)119-58-32-81(6,84)71(103)37(5)115-58)117-51-16-12-40(26-46(51)82)66(100)64-77(109)93-62(78(110)111)45-30-43(96)24-36(4)59(45)44-25-38(10-14-49(44)97)60(74(106)95-64)92-75(107)61(41)91-73(105)48(89-76(63)108)31-57(98)90-80(112)88-42-13-17-52(113-20-18-85-7)53(29-42)114-21-19-86-8/h10-17,23-30,34,37,47-48,56,58,60-68,70-71,79,85-87,96-97,99-103H,18-22,31-33,83-84H2,1-9H3,(H,89,108)(H,91,105)(H,92,107)(H,93,109)(H,94,104)(H,95,106)(H,110,111)(H2,88,90,98,112)/t37-,47+,48-,56+,58-,60+,61+,62-,63+,64-,65+,66+,67+,68-,70+,71+,79-,81-/m0/s1. The zero-order valence-electron chi connectivity index (χ0n) is 66.8. The number of likely N-dealkylation sites (N-methyl/N-ethyl adjacent to an activating group) is 3. The highest BCUT2D eigenvalue weighted by atomic mass is 35.5. The molecule has 7 aliphatic rings. The van der Waals surface area contributed by atoms with E-state index in [0.717, 1.165) is 36.4 Å². The number of aliphatic carboxylic acids is 1. The van der Waals surface area contributed by atoms with E-state index in [4.69, 9.17) is 61.0 Å². The molecule has 2 fully saturated rings. The molecule has 0 aromatic heterocycles. The Morgan fingerprint density at radius 2 is 1.32 bits per heavy atom. The first-order valence-corrected chi connectivity index (χ1v) is 39.0. The molecule has 0 aliphatic carbocycles. The van der Waals surface area contributed by atoms with E-state index in [1.807, 2.05) is 13.8 Å². The molecule has 120 heavy (non-hydrogen) atoms. The molecule has 0 unspecified atom stereocenters. The van der Waals surface area contributed by atoms with Crippen LogP contribution < -0.4 is 93.6 Å². The Labute approximate surface area is 693 Å². The fraction of sp³-hybridized carbons (Fsp3) is 0.444. The van der Waals surface area contributed by atoms with E-state index in [1.165, 1.54) is 95.4 Å². The summed E-state index contributed by atoms with van der Waals surface area (Å²) in [4.78, 5) is 136. The number of urea groups is 1. The van der Waals surface area contributed by atoms with Gasteiger partial charge in [0.15, 0.2) is 41.4 Å². The number of carbonyl (C=O) groups excluding carboxylic acids is 8. The van der Waals surface area contributed by atoms with E-state index in [1.54, 1.807) is 14.1 Å². The number of imide groups is 1. The Morgan fingerprint density at radius 3 is 1.97 bits per heavy atom. The molecule has 2 saturated heterocycles. The number of nitrogens with one attached hydrogen (secondary N) is 11. The van der Waals surface area contributed by atoms with Crippen LogP contribution in [0.4, 0.5) is 10.5 Å². The zero-order chi connectivity index (χ0) is 87.0. The van der Waals surface area contributed by atoms with E-state index in [-0.39, 0.29) is 99.4 Å². The second-order valence-electron chi connectivity index (χ2n) is 30.5. The average molecular weight is 1690 g/mol. The number of aryl methyl sites for hydroxylation is 2. The van der Waals surface area contributed by atoms with Gasteiger partial charge < -0.3 is 143 Å². The fourth-order valence-electron chi connectivity index (χ4n) is 14.6. The summed E-state index contributed by atoms with van der Waals surface area (Å²) in [6.07, 6.45) is -18.1. The predicted molar refractivity (Wildman–Crippen MR) is 427 cm³/mol. The van der Waals surface area contributed by atoms with Crippen molar-refractivity contribution in [2.45, 2.75) is 170 Å². The second kappa shape index (κ2) is 38.5. The third kappa shape index (κ3) is 20.5. The summed E-state index contributed by atoms with van der Waals surface area (Å²) in [5.41, 5.74) is 10.0. The van der Waals surface area contributed by atoms with Gasteiger partial charge in [-0.3, -0.25) is 38.9 Å². The van der Waals surface area contributed by atoms with Crippen LogP contribution in [-0.2, 0) is 52.6 Å². The molecule has 6 aromatic carbocycles. The lowest BCUT2D eigenvalue weighted by molar-refractivity contribution is -0.330. The van der Waals surface area contributed by atoms with Crippen LogP contribution >= 0.6 is 11.6 Å². The SMILES string of the molecule is CNCCOc1ccc(NC(=O)NC(=O)C[C@@H]2NC(=O)[C@H](NC(=O)[C@@H](CC(C)C)NC)[C@H](O)c3ccc(c(C)c3)Oc3cc4cc(c3O[C@@H]3O[C@H](CN)[C@@H](O)[C@H](O)[C@H]3O[C@H]3C[C@](C)(N)[C@H](O)[C@H](C)O3)Oc3ccc(cc3Cl)[C@@H](O)[C@@H]3NC(=O)[C@H](NC(=O)[C@@H]4NC2=O)c2ccc(O)c(c2)-c2c(C)cc(O)cc2[C@@H](C(=O)O)NC3=O)cc1OCCNC. The second-order valence-corrected chi connectivity index (χ2v) is 30.9. The first kappa shape index (κ1) is 89.7. The number of amides is 9. The number of hydrogen-bond acceptors (Lipinski definition) is 29. The number of carboxylic acids is 1. The minimum Gasteiger partial charge on any atom is -0.508 e. The summed E-state index contributed by atoms with van der Waals surface area (Å²) in [7, 11) is 4.92. The predicted octanol–water partition coefficient (Wildman–Crippen LogP) is 1.39. The Bertz CT molecular complexity index is 4850. The number of aromatic hydroxyl groups is 2. The number of anilines is 1. The number of ether oxygens (including phenoxy) is 8. The van der Waals surface area contributed by atoms with Crippen molar-refractivity contribution in [3.8, 4) is 62.9 Å². The Balaban J connectivity index is 1.14. The molecular formula is C81H100ClN13O25. The van der Waals surface area contributed by atoms with Crippen LogP contribution in [0, 0.1) is 19.8 Å². The lowest BCUT2D eigenvalue weighted by atomic mass is 9.86. The van der Waals surface area contributed by atoms with Crippen LogP contribution in [-0.4, -0.2) is 227 Å². The summed E-state index contributed by atoms with van der Waals surface area (Å²) in [6.45, 7) is 10.4. The summed E-state index contributed by atoms with van der Waals surface area (Å²) in [5.74, 6) is -13.7. The van der Waals surface area contributed by atoms with Crippen LogP contribution in [0.5, 0.6) is 51.7 Å². The van der Waals surface area contributed by atoms with Crippen molar-refractivity contribution in [2.75, 3.05) is 59.3 Å². The number of phenols is 2. The van der Waals surface area contributed by atoms with E-state index >= 15 is 24.0 Å². The number of aliphatic hydroxyl groups is 5. The molecule has 18 atom stereocenters. The number of nitrogens with two attached hydrogens (primary N) is 2. The molecule has 13 rings (SSSR count). The molecule has 39 heteroatoms. The zero-order valence-corrected chi connectivity index (χ0v) is 67.6. The van der Waals surface area contributed by atoms with Crippen molar-refractivity contribution in [2.24, 2.45) is 17.4 Å². The van der Waals surface area contributed by atoms with Crippen LogP contribution in [0.3, 0.4) is 0 Å². The fourth-order valence-corrected chi connectivity index (χ4v) is 14.9. The molecule has 0 radical (unpaired) electrons. The van der Waals surface area contributed by atoms with E-state index < -0.39 is 215 Å². The van der Waals surface area contributed by atoms with Gasteiger partial charge >= 0.3 is 12.0 Å². The monoisotopic (exact) mass is 1690 g/mol. The van der Waals surface area contributed by atoms with Gasteiger partial charge in [-0.15, -0.1) is 0 Å². The smallest absolute Gasteiger partial charge is 0.330 e. The molecule has 23 N–H and O–H groups in total. The van der Waals surface area contributed by atoms with Gasteiger partial charge in [-0.2, -0.15) is 0 Å². The van der Waals surface area contributed by atoms with Crippen LogP contribution in [0.25, 0.3) is 11.1 Å². The Kier molecular flexibility index (Phi) is 28.8. The number of hydrogen-bond donors (Lipinski definition) is 21. The lowest BCUT2D eigenvalue weighted by Crippen LogP contribution is -2.65. The molecular weight excluding hydrogens is 1590 g/mol. The average Bonchev–Trinajstić information content (AvgIpc) is 0.766. The number of rotatable bonds is 22. The van der Waals surface area contributed by atoms with Gasteiger partial charge in [-0.1, -0.05) is 43.6 Å². The number of carboxylic acid groups (broad SMARTS) is 1. The van der Waals surface area contributed by atoms with Gasteiger partial charge in [0.05, 0.1) is 29.7 Å². The van der Waals surface area contributed by atoms with Gasteiger partial charge in [-0.25, -0.2) is 9.59 Å². The minimum absolute atomic E-state index is 0.0639. The van der Waals surface area contributed by atoms with Crippen LogP contribution in [0.15, 0.2) is 97.1 Å². The third-order valence-corrected chi connectivity index (χ3v) is 21.2. The molecule has 11 bridgehead atoms. The highest BCUT2D eigenvalue weighted by molar-refractivity contribution is 6.32. The van der Waals surface area contributed by atoms with E-state index in [2.05, 4.69) is 58.5 Å². The van der Waals surface area contributed by atoms with Crippen molar-refractivity contribution in [3.63, 3.8) is 0 Å². The number of phenolic OH excluding ortho intramolecular Hbond substituents is 2. The largest absolute Gasteiger partial charge is 0.508 e. The van der Waals surface area contributed by atoms with Gasteiger partial charge in [0.25, 0.3) is 0 Å². The topological polar surface area (TPSA) is 574 Å².